The Hall–Kier alpha value is -3.63. The highest BCUT2D eigenvalue weighted by Crippen LogP contribution is 2.37. The minimum absolute atomic E-state index is 0.0227. The highest BCUT2D eigenvalue weighted by Gasteiger charge is 2.30. The number of anilines is 1. The highest BCUT2D eigenvalue weighted by atomic mass is 32.2. The lowest BCUT2D eigenvalue weighted by Crippen LogP contribution is -2.19. The van der Waals surface area contributed by atoms with Crippen molar-refractivity contribution in [1.82, 2.24) is 0 Å². The van der Waals surface area contributed by atoms with Crippen molar-refractivity contribution >= 4 is 27.1 Å². The van der Waals surface area contributed by atoms with Crippen LogP contribution in [0.5, 0.6) is 0 Å². The number of nitro groups is 1. The minimum atomic E-state index is -3.83. The maximum Gasteiger partial charge on any atom is 0.269 e. The summed E-state index contributed by atoms with van der Waals surface area (Å²) in [5, 5.41) is 22.5. The van der Waals surface area contributed by atoms with Gasteiger partial charge in [0.1, 0.15) is 5.82 Å². The second kappa shape index (κ2) is 7.89. The molecule has 158 valence electrons. The first-order chi connectivity index (χ1) is 14.7. The Kier molecular flexibility index (Phi) is 5.25. The maximum absolute atomic E-state index is 13.3. The summed E-state index contributed by atoms with van der Waals surface area (Å²) in [7, 11) is -3.83. The molecule has 0 aromatic heterocycles. The van der Waals surface area contributed by atoms with Crippen molar-refractivity contribution in [3.63, 3.8) is 0 Å². The average molecular weight is 440 g/mol. The molecule has 0 spiro atoms. The SMILES string of the molecule is NS(=O)(=O)c1ccc(N2N=C(c3ccc(F)cc3)C[C@H]2c2ccc([N+](=O)[O-])cc2)cc1. The molecule has 8 nitrogen and oxygen atoms in total. The molecule has 0 aliphatic carbocycles. The van der Waals surface area contributed by atoms with Crippen LogP contribution in [0.15, 0.2) is 82.8 Å². The zero-order valence-electron chi connectivity index (χ0n) is 16.1. The molecule has 31 heavy (non-hydrogen) atoms. The largest absolute Gasteiger partial charge is 0.269 e. The Balaban J connectivity index is 1.74. The summed E-state index contributed by atoms with van der Waals surface area (Å²) in [5.41, 5.74) is 2.84. The predicted molar refractivity (Wildman–Crippen MR) is 114 cm³/mol. The van der Waals surface area contributed by atoms with Gasteiger partial charge in [-0.1, -0.05) is 24.3 Å². The first kappa shape index (κ1) is 20.6. The molecular formula is C21H17FN4O4S. The van der Waals surface area contributed by atoms with Crippen LogP contribution in [0.4, 0.5) is 15.8 Å². The number of hydrogen-bond donors (Lipinski definition) is 1. The molecule has 1 aliphatic rings. The Labute approximate surface area is 177 Å². The molecule has 0 fully saturated rings. The van der Waals surface area contributed by atoms with Gasteiger partial charge in [0.25, 0.3) is 5.69 Å². The molecule has 10 heteroatoms. The quantitative estimate of drug-likeness (QED) is 0.479. The highest BCUT2D eigenvalue weighted by molar-refractivity contribution is 7.89. The molecule has 0 bridgehead atoms. The molecule has 1 atom stereocenters. The molecule has 4 rings (SSSR count). The van der Waals surface area contributed by atoms with Gasteiger partial charge in [0.15, 0.2) is 0 Å². The molecule has 3 aromatic rings. The lowest BCUT2D eigenvalue weighted by molar-refractivity contribution is -0.384. The molecule has 0 radical (unpaired) electrons. The van der Waals surface area contributed by atoms with Crippen molar-refractivity contribution in [3.05, 3.63) is 99.9 Å². The number of nitrogens with zero attached hydrogens (tertiary/aromatic N) is 3. The van der Waals surface area contributed by atoms with E-state index in [2.05, 4.69) is 5.10 Å². The number of nitro benzene ring substituents is 1. The van der Waals surface area contributed by atoms with Crippen molar-refractivity contribution in [2.45, 2.75) is 17.4 Å². The van der Waals surface area contributed by atoms with Crippen LogP contribution in [-0.2, 0) is 10.0 Å². The summed E-state index contributed by atoms with van der Waals surface area (Å²) >= 11 is 0. The molecular weight excluding hydrogens is 423 g/mol. The molecule has 0 saturated carbocycles. The van der Waals surface area contributed by atoms with E-state index in [1.165, 1.54) is 36.4 Å². The standard InChI is InChI=1S/C21H17FN4O4S/c22-16-5-1-14(2-6-16)20-13-21(15-3-7-18(8-4-15)26(27)28)25(24-20)17-9-11-19(12-10-17)31(23,29)30/h1-12,21H,13H2,(H2,23,29,30)/t21-/m0/s1. The second-order valence-electron chi connectivity index (χ2n) is 7.01. The molecule has 0 unspecified atom stereocenters. The van der Waals surface area contributed by atoms with Gasteiger partial charge < -0.3 is 0 Å². The van der Waals surface area contributed by atoms with Crippen LogP contribution in [0.2, 0.25) is 0 Å². The van der Waals surface area contributed by atoms with Crippen LogP contribution in [0.3, 0.4) is 0 Å². The normalized spacial score (nSPS) is 16.3. The Morgan fingerprint density at radius 2 is 1.61 bits per heavy atom. The third kappa shape index (κ3) is 4.30. The fourth-order valence-corrected chi connectivity index (χ4v) is 3.95. The number of sulfonamides is 1. The topological polar surface area (TPSA) is 119 Å². The summed E-state index contributed by atoms with van der Waals surface area (Å²) in [6, 6.07) is 17.8. The van der Waals surface area contributed by atoms with E-state index in [4.69, 9.17) is 5.14 Å². The molecule has 0 saturated heterocycles. The number of primary sulfonamides is 1. The summed E-state index contributed by atoms with van der Waals surface area (Å²) in [6.45, 7) is 0. The van der Waals surface area contributed by atoms with Gasteiger partial charge in [-0.25, -0.2) is 17.9 Å². The van der Waals surface area contributed by atoms with E-state index >= 15 is 0 Å². The van der Waals surface area contributed by atoms with E-state index in [0.717, 1.165) is 11.1 Å². The van der Waals surface area contributed by atoms with Crippen molar-refractivity contribution in [1.29, 1.82) is 0 Å². The van der Waals surface area contributed by atoms with E-state index < -0.39 is 14.9 Å². The zero-order valence-corrected chi connectivity index (χ0v) is 16.9. The number of nitrogens with two attached hydrogens (primary N) is 1. The monoisotopic (exact) mass is 440 g/mol. The molecule has 1 aliphatic heterocycles. The Morgan fingerprint density at radius 1 is 1.00 bits per heavy atom. The van der Waals surface area contributed by atoms with E-state index in [1.807, 2.05) is 0 Å². The van der Waals surface area contributed by atoms with Crippen molar-refractivity contribution < 1.29 is 17.7 Å². The van der Waals surface area contributed by atoms with Gasteiger partial charge >= 0.3 is 0 Å². The number of benzene rings is 3. The Morgan fingerprint density at radius 3 is 2.16 bits per heavy atom. The molecule has 0 amide bonds. The number of hydrazone groups is 1. The second-order valence-corrected chi connectivity index (χ2v) is 8.57. The van der Waals surface area contributed by atoms with Crippen molar-refractivity contribution in [3.8, 4) is 0 Å². The summed E-state index contributed by atoms with van der Waals surface area (Å²) in [6.07, 6.45) is 0.473. The minimum Gasteiger partial charge on any atom is -0.258 e. The number of halogens is 1. The Bertz CT molecular complexity index is 1260. The van der Waals surface area contributed by atoms with Crippen LogP contribution in [0.25, 0.3) is 0 Å². The van der Waals surface area contributed by atoms with Gasteiger partial charge in [0.05, 0.1) is 27.3 Å². The van der Waals surface area contributed by atoms with Gasteiger partial charge in [-0.2, -0.15) is 5.10 Å². The third-order valence-corrected chi connectivity index (χ3v) is 5.94. The van der Waals surface area contributed by atoms with E-state index in [1.54, 1.807) is 41.4 Å². The van der Waals surface area contributed by atoms with E-state index in [0.29, 0.717) is 17.8 Å². The fourth-order valence-electron chi connectivity index (χ4n) is 3.43. The number of hydrogen-bond acceptors (Lipinski definition) is 6. The van der Waals surface area contributed by atoms with Crippen LogP contribution < -0.4 is 10.1 Å². The van der Waals surface area contributed by atoms with Crippen LogP contribution in [0.1, 0.15) is 23.6 Å². The van der Waals surface area contributed by atoms with Gasteiger partial charge in [-0.05, 0) is 47.5 Å². The maximum atomic E-state index is 13.3. The lowest BCUT2D eigenvalue weighted by Gasteiger charge is -2.24. The van der Waals surface area contributed by atoms with Crippen LogP contribution in [-0.4, -0.2) is 19.1 Å². The van der Waals surface area contributed by atoms with Gasteiger partial charge in [-0.3, -0.25) is 15.1 Å². The van der Waals surface area contributed by atoms with Crippen molar-refractivity contribution in [2.75, 3.05) is 5.01 Å². The predicted octanol–water partition coefficient (Wildman–Crippen LogP) is 3.74. The third-order valence-electron chi connectivity index (χ3n) is 5.01. The molecule has 2 N–H and O–H groups in total. The van der Waals surface area contributed by atoms with Crippen LogP contribution >= 0.6 is 0 Å². The van der Waals surface area contributed by atoms with E-state index in [-0.39, 0.29) is 22.4 Å². The number of non-ortho nitro benzene ring substituents is 1. The lowest BCUT2D eigenvalue weighted by atomic mass is 9.98. The fraction of sp³-hybridized carbons (Fsp3) is 0.0952. The smallest absolute Gasteiger partial charge is 0.258 e. The first-order valence-corrected chi connectivity index (χ1v) is 10.8. The van der Waals surface area contributed by atoms with E-state index in [9.17, 15) is 22.9 Å². The average Bonchev–Trinajstić information content (AvgIpc) is 3.19. The molecule has 3 aromatic carbocycles. The van der Waals surface area contributed by atoms with Crippen LogP contribution in [0, 0.1) is 15.9 Å². The van der Waals surface area contributed by atoms with Crippen molar-refractivity contribution in [2.24, 2.45) is 10.2 Å². The summed E-state index contributed by atoms with van der Waals surface area (Å²) in [4.78, 5) is 10.5. The van der Waals surface area contributed by atoms with Gasteiger partial charge in [-0.15, -0.1) is 0 Å². The molecule has 1 heterocycles. The summed E-state index contributed by atoms with van der Waals surface area (Å²) in [5.74, 6) is -0.357. The first-order valence-electron chi connectivity index (χ1n) is 9.22. The van der Waals surface area contributed by atoms with Gasteiger partial charge in [0, 0.05) is 18.6 Å². The zero-order chi connectivity index (χ0) is 22.2. The van der Waals surface area contributed by atoms with Gasteiger partial charge in [0.2, 0.25) is 10.0 Å². The summed E-state index contributed by atoms with van der Waals surface area (Å²) < 4.78 is 36.4. The number of rotatable bonds is 5.